The zero-order valence-electron chi connectivity index (χ0n) is 33.5. The average molecular weight is 704 g/mol. The molecular weight excluding hydrogens is 641 g/mol. The summed E-state index contributed by atoms with van der Waals surface area (Å²) >= 11 is 0. The van der Waals surface area contributed by atoms with Crippen LogP contribution in [0.5, 0.6) is 0 Å². The van der Waals surface area contributed by atoms with Gasteiger partial charge in [-0.1, -0.05) is 80.6 Å². The number of carbonyl (C=O) groups is 1. The van der Waals surface area contributed by atoms with E-state index in [4.69, 9.17) is 0 Å². The van der Waals surface area contributed by atoms with Gasteiger partial charge < -0.3 is 19.0 Å². The molecule has 276 valence electrons. The molecule has 0 fully saturated rings. The summed E-state index contributed by atoms with van der Waals surface area (Å²) in [6, 6.07) is 26.2. The number of aryl methyl sites for hydroxylation is 1. The van der Waals surface area contributed by atoms with Gasteiger partial charge in [0.25, 0.3) is 0 Å². The van der Waals surface area contributed by atoms with Crippen molar-refractivity contribution in [3.63, 3.8) is 0 Å². The summed E-state index contributed by atoms with van der Waals surface area (Å²) in [7, 11) is 13.6. The Morgan fingerprint density at radius 1 is 0.788 bits per heavy atom. The third-order valence-corrected chi connectivity index (χ3v) is 10.8. The van der Waals surface area contributed by atoms with E-state index in [1.54, 1.807) is 0 Å². The first kappa shape index (κ1) is 39.0. The number of carboxylic acids is 1. The molecule has 2 aliphatic heterocycles. The first-order chi connectivity index (χ1) is 24.4. The van der Waals surface area contributed by atoms with Gasteiger partial charge >= 0.3 is 5.97 Å². The molecule has 2 aliphatic rings. The predicted octanol–water partition coefficient (Wildman–Crippen LogP) is 8.59. The van der Waals surface area contributed by atoms with E-state index in [1.807, 2.05) is 0 Å². The van der Waals surface area contributed by atoms with Gasteiger partial charge in [-0.25, -0.2) is 0 Å². The third kappa shape index (κ3) is 9.02. The Morgan fingerprint density at radius 2 is 1.40 bits per heavy atom. The van der Waals surface area contributed by atoms with Crippen molar-refractivity contribution in [1.82, 2.24) is 0 Å². The van der Waals surface area contributed by atoms with Crippen LogP contribution in [0.1, 0.15) is 69.2 Å². The molecule has 52 heavy (non-hydrogen) atoms. The highest BCUT2D eigenvalue weighted by molar-refractivity contribution is 6.04. The smallest absolute Gasteiger partial charge is 0.303 e. The number of hydrogen-bond donors (Lipinski definition) is 1. The second-order valence-electron chi connectivity index (χ2n) is 17.8. The van der Waals surface area contributed by atoms with E-state index < -0.39 is 5.97 Å². The van der Waals surface area contributed by atoms with Crippen molar-refractivity contribution in [2.45, 2.75) is 64.2 Å². The number of benzene rings is 3. The Morgan fingerprint density at radius 3 is 2.06 bits per heavy atom. The topological polar surface area (TPSA) is 43.6 Å². The molecule has 0 aromatic heterocycles. The van der Waals surface area contributed by atoms with Gasteiger partial charge in [0.05, 0.1) is 67.2 Å². The van der Waals surface area contributed by atoms with Crippen molar-refractivity contribution in [2.24, 2.45) is 0 Å². The molecule has 0 unspecified atom stereocenters. The SMILES string of the molecule is CC1(C)C(/C=C/C(=C/C=C2/N(CCC[N+](C)(C)C)c3ccccc3C2(C)C)c2ccc(CCC(=O)O)cc2)=[N+](CCC[N+](C)(C)C)c2ccccc21. The van der Waals surface area contributed by atoms with Crippen LogP contribution in [-0.2, 0) is 22.0 Å². The minimum absolute atomic E-state index is 0.130. The molecule has 0 saturated heterocycles. The number of hydrogen-bond acceptors (Lipinski definition) is 2. The first-order valence-corrected chi connectivity index (χ1v) is 19.0. The predicted molar refractivity (Wildman–Crippen MR) is 219 cm³/mol. The van der Waals surface area contributed by atoms with Crippen LogP contribution in [0.25, 0.3) is 5.57 Å². The summed E-state index contributed by atoms with van der Waals surface area (Å²) in [5.41, 5.74) is 10.9. The van der Waals surface area contributed by atoms with Gasteiger partial charge in [0.15, 0.2) is 12.3 Å². The molecule has 6 nitrogen and oxygen atoms in total. The second kappa shape index (κ2) is 15.4. The van der Waals surface area contributed by atoms with Gasteiger partial charge in [-0.3, -0.25) is 4.79 Å². The monoisotopic (exact) mass is 703 g/mol. The van der Waals surface area contributed by atoms with Crippen LogP contribution in [0, 0.1) is 0 Å². The maximum Gasteiger partial charge on any atom is 0.303 e. The number of para-hydroxylation sites is 2. The lowest BCUT2D eigenvalue weighted by atomic mass is 9.81. The minimum atomic E-state index is -0.770. The summed E-state index contributed by atoms with van der Waals surface area (Å²) in [6.45, 7) is 13.5. The van der Waals surface area contributed by atoms with E-state index in [9.17, 15) is 9.90 Å². The standard InChI is InChI=1S/C46H62N4O2/c1-45(2)38-17-11-13-19-40(38)47(31-15-33-49(5,6)7)42(45)28-26-37(36-24-21-35(22-25-36)23-30-44(51)52)27-29-43-46(3,4)39-18-12-14-20-41(39)48(43)32-16-34-50(8,9)10/h11-14,17-22,24-29H,15-16,23,30-34H2,1-10H3/q+2/p+1. The molecule has 0 saturated carbocycles. The maximum atomic E-state index is 11.3. The molecule has 5 rings (SSSR count). The van der Waals surface area contributed by atoms with Crippen LogP contribution in [0.4, 0.5) is 11.4 Å². The van der Waals surface area contributed by atoms with Crippen molar-refractivity contribution in [1.29, 1.82) is 0 Å². The van der Waals surface area contributed by atoms with Crippen LogP contribution in [0.15, 0.2) is 103 Å². The highest BCUT2D eigenvalue weighted by atomic mass is 16.4. The Labute approximate surface area is 313 Å². The molecular formula is C46H63N4O2+3. The van der Waals surface area contributed by atoms with Crippen molar-refractivity contribution in [2.75, 3.05) is 73.4 Å². The minimum Gasteiger partial charge on any atom is -0.481 e. The molecule has 1 N–H and O–H groups in total. The van der Waals surface area contributed by atoms with E-state index in [0.717, 1.165) is 64.7 Å². The van der Waals surface area contributed by atoms with E-state index in [0.29, 0.717) is 6.42 Å². The number of quaternary nitrogens is 2. The van der Waals surface area contributed by atoms with E-state index in [2.05, 4.69) is 177 Å². The Kier molecular flexibility index (Phi) is 11.5. The summed E-state index contributed by atoms with van der Waals surface area (Å²) in [4.78, 5) is 13.8. The zero-order valence-corrected chi connectivity index (χ0v) is 33.5. The van der Waals surface area contributed by atoms with Crippen molar-refractivity contribution >= 4 is 28.6 Å². The van der Waals surface area contributed by atoms with Gasteiger partial charge in [0.2, 0.25) is 5.69 Å². The molecule has 0 bridgehead atoms. The van der Waals surface area contributed by atoms with Crippen LogP contribution >= 0.6 is 0 Å². The molecule has 3 aromatic rings. The zero-order chi connectivity index (χ0) is 37.9. The summed E-state index contributed by atoms with van der Waals surface area (Å²) in [6.07, 6.45) is 12.1. The van der Waals surface area contributed by atoms with Crippen LogP contribution in [-0.4, -0.2) is 98.8 Å². The number of nitrogens with zero attached hydrogens (tertiary/aromatic N) is 4. The molecule has 0 radical (unpaired) electrons. The number of aliphatic carboxylic acids is 1. The number of allylic oxidation sites excluding steroid dienone is 6. The maximum absolute atomic E-state index is 11.3. The van der Waals surface area contributed by atoms with Gasteiger partial charge in [-0.05, 0) is 60.8 Å². The van der Waals surface area contributed by atoms with Gasteiger partial charge in [0, 0.05) is 53.9 Å². The summed E-state index contributed by atoms with van der Waals surface area (Å²) < 4.78 is 4.43. The highest BCUT2D eigenvalue weighted by Gasteiger charge is 2.44. The third-order valence-electron chi connectivity index (χ3n) is 10.8. The fourth-order valence-corrected chi connectivity index (χ4v) is 7.87. The quantitative estimate of drug-likeness (QED) is 0.0980. The van der Waals surface area contributed by atoms with E-state index in [1.165, 1.54) is 33.9 Å². The number of anilines is 1. The highest BCUT2D eigenvalue weighted by Crippen LogP contribution is 2.48. The second-order valence-corrected chi connectivity index (χ2v) is 17.8. The lowest BCUT2D eigenvalue weighted by Crippen LogP contribution is -2.37. The Hall–Kier alpha value is -4.26. The van der Waals surface area contributed by atoms with Gasteiger partial charge in [-0.15, -0.1) is 0 Å². The largest absolute Gasteiger partial charge is 0.481 e. The fourth-order valence-electron chi connectivity index (χ4n) is 7.87. The number of carboxylic acid groups (broad SMARTS) is 1. The number of fused-ring (bicyclic) bond motifs is 2. The van der Waals surface area contributed by atoms with Crippen molar-refractivity contribution in [3.05, 3.63) is 125 Å². The number of rotatable bonds is 15. The lowest BCUT2D eigenvalue weighted by molar-refractivity contribution is -0.871. The molecule has 2 heterocycles. The molecule has 6 heteroatoms. The molecule has 0 atom stereocenters. The van der Waals surface area contributed by atoms with Crippen LogP contribution < -0.4 is 4.90 Å². The average Bonchev–Trinajstić information content (AvgIpc) is 3.41. The molecule has 3 aromatic carbocycles. The van der Waals surface area contributed by atoms with E-state index in [-0.39, 0.29) is 17.3 Å². The van der Waals surface area contributed by atoms with Crippen LogP contribution in [0.3, 0.4) is 0 Å². The normalized spacial score (nSPS) is 17.7. The molecule has 0 aliphatic carbocycles. The van der Waals surface area contributed by atoms with Crippen molar-refractivity contribution in [3.8, 4) is 0 Å². The Balaban J connectivity index is 1.60. The molecule has 0 amide bonds. The first-order valence-electron chi connectivity index (χ1n) is 19.0. The Bertz CT molecular complexity index is 1880. The lowest BCUT2D eigenvalue weighted by Gasteiger charge is -2.29. The van der Waals surface area contributed by atoms with Gasteiger partial charge in [-0.2, -0.15) is 4.58 Å². The molecule has 0 spiro atoms. The van der Waals surface area contributed by atoms with Gasteiger partial charge in [0.1, 0.15) is 0 Å². The van der Waals surface area contributed by atoms with Crippen molar-refractivity contribution < 1.29 is 23.4 Å². The summed E-state index contributed by atoms with van der Waals surface area (Å²) in [5, 5.41) is 9.27. The van der Waals surface area contributed by atoms with E-state index >= 15 is 0 Å². The van der Waals surface area contributed by atoms with Crippen LogP contribution in [0.2, 0.25) is 0 Å². The summed E-state index contributed by atoms with van der Waals surface area (Å²) in [5.74, 6) is -0.770. The fraction of sp³-hybridized carbons (Fsp3) is 0.435.